The van der Waals surface area contributed by atoms with Crippen LogP contribution in [0.2, 0.25) is 0 Å². The Hall–Kier alpha value is -0.120. The van der Waals surface area contributed by atoms with Gasteiger partial charge in [0, 0.05) is 24.2 Å². The smallest absolute Gasteiger partial charge is 0.0645 e. The topological polar surface area (TPSA) is 24.5 Å². The third-order valence-electron chi connectivity index (χ3n) is 3.96. The number of likely N-dealkylation sites (N-methyl/N-ethyl adjacent to an activating group) is 1. The minimum Gasteiger partial charge on any atom is -0.378 e. The molecule has 15 heavy (non-hydrogen) atoms. The Morgan fingerprint density at radius 3 is 2.80 bits per heavy atom. The average Bonchev–Trinajstić information content (AvgIpc) is 2.64. The van der Waals surface area contributed by atoms with Gasteiger partial charge >= 0.3 is 0 Å². The molecule has 0 bridgehead atoms. The first-order valence-electron chi connectivity index (χ1n) is 6.17. The Balaban J connectivity index is 2.07. The zero-order valence-corrected chi connectivity index (χ0v) is 10.3. The molecule has 0 aromatic rings. The highest BCUT2D eigenvalue weighted by Crippen LogP contribution is 2.31. The Labute approximate surface area is 93.2 Å². The number of hydrogen-bond donors (Lipinski definition) is 1. The molecule has 0 aromatic heterocycles. The minimum absolute atomic E-state index is 0.211. The van der Waals surface area contributed by atoms with E-state index in [1.165, 1.54) is 19.3 Å². The summed E-state index contributed by atoms with van der Waals surface area (Å²) in [5.74, 6) is 0. The molecule has 0 radical (unpaired) electrons. The molecule has 2 atom stereocenters. The molecule has 0 amide bonds. The van der Waals surface area contributed by atoms with Crippen molar-refractivity contribution in [2.24, 2.45) is 0 Å². The summed E-state index contributed by atoms with van der Waals surface area (Å²) in [6.45, 7) is 7.47. The summed E-state index contributed by atoms with van der Waals surface area (Å²) in [5, 5.41) is 3.47. The summed E-state index contributed by atoms with van der Waals surface area (Å²) in [6, 6.07) is 1.40. The molecule has 1 aliphatic heterocycles. The van der Waals surface area contributed by atoms with Gasteiger partial charge in [-0.05, 0) is 33.7 Å². The van der Waals surface area contributed by atoms with Crippen LogP contribution in [0, 0.1) is 0 Å². The molecule has 0 aromatic carbocycles. The molecule has 2 rings (SSSR count). The van der Waals surface area contributed by atoms with E-state index in [0.29, 0.717) is 12.1 Å². The van der Waals surface area contributed by atoms with Crippen LogP contribution >= 0.6 is 0 Å². The van der Waals surface area contributed by atoms with Crippen LogP contribution in [-0.4, -0.2) is 49.3 Å². The normalized spacial score (nSPS) is 37.0. The van der Waals surface area contributed by atoms with Gasteiger partial charge in [0.25, 0.3) is 0 Å². The summed E-state index contributed by atoms with van der Waals surface area (Å²) >= 11 is 0. The van der Waals surface area contributed by atoms with E-state index in [2.05, 4.69) is 31.1 Å². The van der Waals surface area contributed by atoms with Crippen molar-refractivity contribution in [2.45, 2.75) is 50.7 Å². The Kier molecular flexibility index (Phi) is 3.33. The third-order valence-corrected chi connectivity index (χ3v) is 3.96. The van der Waals surface area contributed by atoms with Crippen molar-refractivity contribution in [3.8, 4) is 0 Å². The number of hydrogen-bond acceptors (Lipinski definition) is 3. The number of rotatable bonds is 2. The Morgan fingerprint density at radius 1 is 1.33 bits per heavy atom. The van der Waals surface area contributed by atoms with Crippen LogP contribution in [-0.2, 0) is 4.74 Å². The lowest BCUT2D eigenvalue weighted by atomic mass is 9.97. The zero-order valence-electron chi connectivity index (χ0n) is 10.3. The van der Waals surface area contributed by atoms with Crippen LogP contribution in [0.3, 0.4) is 0 Å². The van der Waals surface area contributed by atoms with Crippen molar-refractivity contribution < 1.29 is 4.74 Å². The molecule has 0 spiro atoms. The SMILES string of the molecule is CNC1CCCC1N1CCOCC1(C)C. The van der Waals surface area contributed by atoms with Crippen LogP contribution in [0.4, 0.5) is 0 Å². The highest BCUT2D eigenvalue weighted by Gasteiger charge is 2.40. The van der Waals surface area contributed by atoms with Crippen molar-refractivity contribution in [1.29, 1.82) is 0 Å². The molecule has 88 valence electrons. The molecule has 2 unspecified atom stereocenters. The lowest BCUT2D eigenvalue weighted by Gasteiger charge is -2.47. The highest BCUT2D eigenvalue weighted by atomic mass is 16.5. The first-order chi connectivity index (χ1) is 7.15. The molecule has 1 aliphatic carbocycles. The predicted molar refractivity (Wildman–Crippen MR) is 62.1 cm³/mol. The fraction of sp³-hybridized carbons (Fsp3) is 1.00. The maximum atomic E-state index is 5.58. The second kappa shape index (κ2) is 4.40. The van der Waals surface area contributed by atoms with Gasteiger partial charge in [-0.3, -0.25) is 4.90 Å². The van der Waals surface area contributed by atoms with Gasteiger partial charge in [-0.1, -0.05) is 6.42 Å². The van der Waals surface area contributed by atoms with Crippen LogP contribution in [0.1, 0.15) is 33.1 Å². The second-order valence-corrected chi connectivity index (χ2v) is 5.45. The Bertz CT molecular complexity index is 218. The summed E-state index contributed by atoms with van der Waals surface area (Å²) in [6.07, 6.45) is 4.03. The van der Waals surface area contributed by atoms with Gasteiger partial charge < -0.3 is 10.1 Å². The maximum Gasteiger partial charge on any atom is 0.0645 e. The van der Waals surface area contributed by atoms with Crippen LogP contribution < -0.4 is 5.32 Å². The van der Waals surface area contributed by atoms with E-state index in [-0.39, 0.29) is 5.54 Å². The lowest BCUT2D eigenvalue weighted by molar-refractivity contribution is -0.0746. The number of nitrogens with zero attached hydrogens (tertiary/aromatic N) is 1. The Morgan fingerprint density at radius 2 is 2.13 bits per heavy atom. The predicted octanol–water partition coefficient (Wildman–Crippen LogP) is 1.24. The van der Waals surface area contributed by atoms with Gasteiger partial charge in [0.05, 0.1) is 13.2 Å². The summed E-state index contributed by atoms with van der Waals surface area (Å²) in [5.41, 5.74) is 0.211. The molecule has 2 aliphatic rings. The van der Waals surface area contributed by atoms with E-state index in [1.807, 2.05) is 0 Å². The lowest BCUT2D eigenvalue weighted by Crippen LogP contribution is -2.60. The average molecular weight is 212 g/mol. The van der Waals surface area contributed by atoms with E-state index in [9.17, 15) is 0 Å². The molecule has 1 N–H and O–H groups in total. The van der Waals surface area contributed by atoms with Crippen molar-refractivity contribution >= 4 is 0 Å². The quantitative estimate of drug-likeness (QED) is 0.745. The number of nitrogens with one attached hydrogen (secondary N) is 1. The van der Waals surface area contributed by atoms with Gasteiger partial charge in [-0.25, -0.2) is 0 Å². The van der Waals surface area contributed by atoms with Crippen molar-refractivity contribution in [3.63, 3.8) is 0 Å². The van der Waals surface area contributed by atoms with Crippen LogP contribution in [0.25, 0.3) is 0 Å². The van der Waals surface area contributed by atoms with Crippen LogP contribution in [0.5, 0.6) is 0 Å². The first-order valence-corrected chi connectivity index (χ1v) is 6.17. The molecule has 1 saturated heterocycles. The summed E-state index contributed by atoms with van der Waals surface area (Å²) in [7, 11) is 2.09. The van der Waals surface area contributed by atoms with Gasteiger partial charge in [0.2, 0.25) is 0 Å². The maximum absolute atomic E-state index is 5.58. The molecule has 3 nitrogen and oxygen atoms in total. The van der Waals surface area contributed by atoms with E-state index >= 15 is 0 Å². The highest BCUT2D eigenvalue weighted by molar-refractivity contribution is 4.97. The number of ether oxygens (including phenoxy) is 1. The van der Waals surface area contributed by atoms with E-state index in [4.69, 9.17) is 4.74 Å². The standard InChI is InChI=1S/C12H24N2O/c1-12(2)9-15-8-7-14(12)11-6-4-5-10(11)13-3/h10-11,13H,4-9H2,1-3H3. The van der Waals surface area contributed by atoms with Gasteiger partial charge in [0.15, 0.2) is 0 Å². The number of morpholine rings is 1. The van der Waals surface area contributed by atoms with Crippen molar-refractivity contribution in [2.75, 3.05) is 26.8 Å². The van der Waals surface area contributed by atoms with Gasteiger partial charge in [0.1, 0.15) is 0 Å². The van der Waals surface area contributed by atoms with Crippen LogP contribution in [0.15, 0.2) is 0 Å². The van der Waals surface area contributed by atoms with Gasteiger partial charge in [-0.15, -0.1) is 0 Å². The van der Waals surface area contributed by atoms with E-state index in [1.54, 1.807) is 0 Å². The zero-order chi connectivity index (χ0) is 10.9. The summed E-state index contributed by atoms with van der Waals surface area (Å²) in [4.78, 5) is 2.66. The van der Waals surface area contributed by atoms with E-state index < -0.39 is 0 Å². The molecular formula is C12H24N2O. The summed E-state index contributed by atoms with van der Waals surface area (Å²) < 4.78 is 5.58. The van der Waals surface area contributed by atoms with Gasteiger partial charge in [-0.2, -0.15) is 0 Å². The second-order valence-electron chi connectivity index (χ2n) is 5.45. The largest absolute Gasteiger partial charge is 0.378 e. The molecular weight excluding hydrogens is 188 g/mol. The molecule has 2 fully saturated rings. The monoisotopic (exact) mass is 212 g/mol. The van der Waals surface area contributed by atoms with Crippen molar-refractivity contribution in [1.82, 2.24) is 10.2 Å². The van der Waals surface area contributed by atoms with Crippen molar-refractivity contribution in [3.05, 3.63) is 0 Å². The third kappa shape index (κ3) is 2.19. The first kappa shape index (κ1) is 11.4. The molecule has 1 heterocycles. The minimum atomic E-state index is 0.211. The molecule has 1 saturated carbocycles. The molecule has 3 heteroatoms. The fourth-order valence-electron chi connectivity index (χ4n) is 3.14. The fourth-order valence-corrected chi connectivity index (χ4v) is 3.14. The van der Waals surface area contributed by atoms with E-state index in [0.717, 1.165) is 19.8 Å².